The molecular formula is C10H17NOS. The molecule has 0 saturated heterocycles. The van der Waals surface area contributed by atoms with Crippen LogP contribution in [0.25, 0.3) is 0 Å². The van der Waals surface area contributed by atoms with Gasteiger partial charge in [0.05, 0.1) is 0 Å². The summed E-state index contributed by atoms with van der Waals surface area (Å²) >= 11 is 1.74. The van der Waals surface area contributed by atoms with Crippen molar-refractivity contribution in [2.45, 2.75) is 39.7 Å². The van der Waals surface area contributed by atoms with Crippen molar-refractivity contribution in [1.82, 2.24) is 4.98 Å². The monoisotopic (exact) mass is 199 g/mol. The fourth-order valence-corrected chi connectivity index (χ4v) is 2.12. The molecule has 1 aromatic heterocycles. The van der Waals surface area contributed by atoms with Gasteiger partial charge >= 0.3 is 0 Å². The van der Waals surface area contributed by atoms with Gasteiger partial charge in [-0.2, -0.15) is 0 Å². The fraction of sp³-hybridized carbons (Fsp3) is 0.700. The summed E-state index contributed by atoms with van der Waals surface area (Å²) < 4.78 is 5.63. The maximum Gasteiger partial charge on any atom is 0.122 e. The third kappa shape index (κ3) is 3.08. The van der Waals surface area contributed by atoms with E-state index in [-0.39, 0.29) is 6.10 Å². The highest BCUT2D eigenvalue weighted by molar-refractivity contribution is 7.11. The minimum Gasteiger partial charge on any atom is -0.371 e. The second kappa shape index (κ2) is 5.35. The predicted octanol–water partition coefficient (Wildman–Crippen LogP) is 3.33. The third-order valence-electron chi connectivity index (χ3n) is 1.83. The average molecular weight is 199 g/mol. The lowest BCUT2D eigenvalue weighted by molar-refractivity contribution is 0.0555. The Labute approximate surface area is 84.0 Å². The minimum absolute atomic E-state index is 0.216. The van der Waals surface area contributed by atoms with Gasteiger partial charge in [-0.05, 0) is 20.3 Å². The van der Waals surface area contributed by atoms with Crippen LogP contribution in [-0.2, 0) is 4.74 Å². The molecule has 2 nitrogen and oxygen atoms in total. The molecule has 0 aliphatic heterocycles. The molecule has 0 aliphatic carbocycles. The molecular weight excluding hydrogens is 182 g/mol. The first-order valence-corrected chi connectivity index (χ1v) is 5.63. The van der Waals surface area contributed by atoms with Crippen LogP contribution in [-0.4, -0.2) is 11.6 Å². The average Bonchev–Trinajstić information content (AvgIpc) is 2.51. The van der Waals surface area contributed by atoms with Crippen LogP contribution in [0.3, 0.4) is 0 Å². The molecule has 0 aromatic carbocycles. The predicted molar refractivity (Wildman–Crippen MR) is 56.1 cm³/mol. The Morgan fingerprint density at radius 1 is 1.54 bits per heavy atom. The van der Waals surface area contributed by atoms with Crippen LogP contribution >= 0.6 is 11.3 Å². The first kappa shape index (κ1) is 10.7. The molecule has 0 aliphatic rings. The van der Waals surface area contributed by atoms with Crippen molar-refractivity contribution in [1.29, 1.82) is 0 Å². The van der Waals surface area contributed by atoms with Gasteiger partial charge in [-0.3, -0.25) is 0 Å². The summed E-state index contributed by atoms with van der Waals surface area (Å²) in [6.07, 6.45) is 4.35. The van der Waals surface area contributed by atoms with Gasteiger partial charge in [0.2, 0.25) is 0 Å². The van der Waals surface area contributed by atoms with E-state index in [2.05, 4.69) is 18.8 Å². The van der Waals surface area contributed by atoms with Crippen molar-refractivity contribution in [3.05, 3.63) is 16.1 Å². The number of aromatic nitrogens is 1. The zero-order chi connectivity index (χ0) is 9.68. The molecule has 0 amide bonds. The minimum atomic E-state index is 0.216. The fourth-order valence-electron chi connectivity index (χ4n) is 1.26. The van der Waals surface area contributed by atoms with Crippen LogP contribution in [0, 0.1) is 6.92 Å². The van der Waals surface area contributed by atoms with Crippen molar-refractivity contribution < 1.29 is 4.74 Å². The van der Waals surface area contributed by atoms with Gasteiger partial charge in [-0.15, -0.1) is 11.3 Å². The van der Waals surface area contributed by atoms with E-state index in [9.17, 15) is 0 Å². The standard InChI is InChI=1S/C10H17NOS/c1-4-6-9(12-5-2)10-11-7-8(3)13-10/h7,9H,4-6H2,1-3H3. The van der Waals surface area contributed by atoms with Crippen molar-refractivity contribution in [3.63, 3.8) is 0 Å². The van der Waals surface area contributed by atoms with Gasteiger partial charge in [0, 0.05) is 17.7 Å². The van der Waals surface area contributed by atoms with E-state index in [0.717, 1.165) is 24.5 Å². The lowest BCUT2D eigenvalue weighted by atomic mass is 10.2. The Balaban J connectivity index is 2.63. The Kier molecular flexibility index (Phi) is 4.39. The molecule has 1 aromatic rings. The Hall–Kier alpha value is -0.410. The van der Waals surface area contributed by atoms with E-state index >= 15 is 0 Å². The number of hydrogen-bond acceptors (Lipinski definition) is 3. The highest BCUT2D eigenvalue weighted by Crippen LogP contribution is 2.26. The van der Waals surface area contributed by atoms with Crippen LogP contribution in [0.5, 0.6) is 0 Å². The van der Waals surface area contributed by atoms with E-state index in [1.54, 1.807) is 11.3 Å². The second-order valence-corrected chi connectivity index (χ2v) is 4.31. The first-order chi connectivity index (χ1) is 6.27. The summed E-state index contributed by atoms with van der Waals surface area (Å²) in [6, 6.07) is 0. The van der Waals surface area contributed by atoms with Gasteiger partial charge in [0.25, 0.3) is 0 Å². The lowest BCUT2D eigenvalue weighted by Crippen LogP contribution is -2.03. The normalized spacial score (nSPS) is 13.2. The van der Waals surface area contributed by atoms with Gasteiger partial charge in [-0.1, -0.05) is 13.3 Å². The molecule has 13 heavy (non-hydrogen) atoms. The summed E-state index contributed by atoms with van der Waals surface area (Å²) in [6.45, 7) is 7.05. The SMILES string of the molecule is CCCC(OCC)c1ncc(C)s1. The summed E-state index contributed by atoms with van der Waals surface area (Å²) in [5.74, 6) is 0. The molecule has 0 N–H and O–H groups in total. The quantitative estimate of drug-likeness (QED) is 0.725. The topological polar surface area (TPSA) is 22.1 Å². The summed E-state index contributed by atoms with van der Waals surface area (Å²) in [7, 11) is 0. The zero-order valence-electron chi connectivity index (χ0n) is 8.54. The maximum absolute atomic E-state index is 5.63. The van der Waals surface area contributed by atoms with Gasteiger partial charge in [0.15, 0.2) is 0 Å². The van der Waals surface area contributed by atoms with E-state index in [1.807, 2.05) is 13.1 Å². The van der Waals surface area contributed by atoms with Crippen LogP contribution in [0.15, 0.2) is 6.20 Å². The number of ether oxygens (including phenoxy) is 1. The third-order valence-corrected chi connectivity index (χ3v) is 2.84. The Bertz CT molecular complexity index is 241. The molecule has 1 rings (SSSR count). The molecule has 1 unspecified atom stereocenters. The number of hydrogen-bond donors (Lipinski definition) is 0. The summed E-state index contributed by atoms with van der Waals surface area (Å²) in [5, 5.41) is 1.13. The molecule has 3 heteroatoms. The highest BCUT2D eigenvalue weighted by Gasteiger charge is 2.13. The Morgan fingerprint density at radius 3 is 2.77 bits per heavy atom. The molecule has 0 bridgehead atoms. The van der Waals surface area contributed by atoms with Gasteiger partial charge in [-0.25, -0.2) is 4.98 Å². The maximum atomic E-state index is 5.63. The second-order valence-electron chi connectivity index (χ2n) is 3.04. The van der Waals surface area contributed by atoms with Crippen LogP contribution in [0.4, 0.5) is 0 Å². The largest absolute Gasteiger partial charge is 0.371 e. The van der Waals surface area contributed by atoms with E-state index in [0.29, 0.717) is 0 Å². The van der Waals surface area contributed by atoms with Crippen molar-refractivity contribution >= 4 is 11.3 Å². The van der Waals surface area contributed by atoms with Gasteiger partial charge < -0.3 is 4.74 Å². The van der Waals surface area contributed by atoms with Crippen molar-refractivity contribution in [3.8, 4) is 0 Å². The molecule has 0 saturated carbocycles. The molecule has 0 radical (unpaired) electrons. The Morgan fingerprint density at radius 2 is 2.31 bits per heavy atom. The van der Waals surface area contributed by atoms with Crippen molar-refractivity contribution in [2.75, 3.05) is 6.61 Å². The first-order valence-electron chi connectivity index (χ1n) is 4.81. The zero-order valence-corrected chi connectivity index (χ0v) is 9.36. The molecule has 1 heterocycles. The van der Waals surface area contributed by atoms with E-state index < -0.39 is 0 Å². The summed E-state index contributed by atoms with van der Waals surface area (Å²) in [5.41, 5.74) is 0. The van der Waals surface area contributed by atoms with Gasteiger partial charge in [0.1, 0.15) is 11.1 Å². The highest BCUT2D eigenvalue weighted by atomic mass is 32.1. The molecule has 0 spiro atoms. The van der Waals surface area contributed by atoms with E-state index in [1.165, 1.54) is 4.88 Å². The number of aryl methyl sites for hydroxylation is 1. The smallest absolute Gasteiger partial charge is 0.122 e. The molecule has 74 valence electrons. The van der Waals surface area contributed by atoms with Crippen LogP contribution in [0.2, 0.25) is 0 Å². The summed E-state index contributed by atoms with van der Waals surface area (Å²) in [4.78, 5) is 5.61. The van der Waals surface area contributed by atoms with Crippen molar-refractivity contribution in [2.24, 2.45) is 0 Å². The number of nitrogens with zero attached hydrogens (tertiary/aromatic N) is 1. The van der Waals surface area contributed by atoms with Crippen LogP contribution in [0.1, 0.15) is 42.7 Å². The lowest BCUT2D eigenvalue weighted by Gasteiger charge is -2.12. The number of rotatable bonds is 5. The molecule has 1 atom stereocenters. The van der Waals surface area contributed by atoms with E-state index in [4.69, 9.17) is 4.74 Å². The number of thiazole rings is 1. The van der Waals surface area contributed by atoms with Crippen LogP contribution < -0.4 is 0 Å². The molecule has 0 fully saturated rings.